The highest BCUT2D eigenvalue weighted by Gasteiger charge is 2.43. The molecule has 3 heterocycles. The van der Waals surface area contributed by atoms with Crippen LogP contribution < -0.4 is 19.7 Å². The second-order valence-electron chi connectivity index (χ2n) is 8.53. The van der Waals surface area contributed by atoms with Crippen LogP contribution in [0.5, 0.6) is 11.5 Å². The lowest BCUT2D eigenvalue weighted by molar-refractivity contribution is 0.394. The zero-order chi connectivity index (χ0) is 24.5. The van der Waals surface area contributed by atoms with Gasteiger partial charge in [0.2, 0.25) is 0 Å². The first-order valence-corrected chi connectivity index (χ1v) is 11.9. The molecule has 1 aliphatic rings. The number of nitrogens with one attached hydrogen (secondary N) is 1. The van der Waals surface area contributed by atoms with Crippen LogP contribution in [0.2, 0.25) is 0 Å². The highest BCUT2D eigenvalue weighted by Crippen LogP contribution is 2.46. The number of hydrogen-bond donors (Lipinski definition) is 1. The van der Waals surface area contributed by atoms with Crippen molar-refractivity contribution in [1.82, 2.24) is 14.9 Å². The van der Waals surface area contributed by atoms with Crippen molar-refractivity contribution in [3.05, 3.63) is 102 Å². The van der Waals surface area contributed by atoms with Gasteiger partial charge in [-0.15, -0.1) is 0 Å². The molecule has 2 aromatic carbocycles. The second kappa shape index (κ2) is 9.43. The molecule has 4 aromatic rings. The average molecular weight is 485 g/mol. The van der Waals surface area contributed by atoms with Gasteiger partial charge in [-0.2, -0.15) is 0 Å². The van der Waals surface area contributed by atoms with Crippen LogP contribution in [-0.4, -0.2) is 28.9 Å². The minimum absolute atomic E-state index is 0.136. The fourth-order valence-electron chi connectivity index (χ4n) is 4.98. The smallest absolute Gasteiger partial charge is 0.174 e. The summed E-state index contributed by atoms with van der Waals surface area (Å²) in [5.74, 6) is 1.42. The van der Waals surface area contributed by atoms with Gasteiger partial charge in [0.25, 0.3) is 0 Å². The van der Waals surface area contributed by atoms with Crippen molar-refractivity contribution in [3.63, 3.8) is 0 Å². The van der Waals surface area contributed by atoms with Crippen LogP contribution >= 0.6 is 12.2 Å². The molecule has 2 atom stereocenters. The van der Waals surface area contributed by atoms with Crippen LogP contribution in [0.25, 0.3) is 5.69 Å². The number of aryl methyl sites for hydroxylation is 1. The highest BCUT2D eigenvalue weighted by atomic mass is 32.1. The van der Waals surface area contributed by atoms with Gasteiger partial charge in [0.05, 0.1) is 37.7 Å². The molecule has 0 bridgehead atoms. The number of anilines is 1. The Labute approximate surface area is 211 Å². The van der Waals surface area contributed by atoms with E-state index in [1.165, 1.54) is 5.56 Å². The Kier molecular flexibility index (Phi) is 6.17. The van der Waals surface area contributed by atoms with Gasteiger partial charge in [-0.1, -0.05) is 24.3 Å². The summed E-state index contributed by atoms with van der Waals surface area (Å²) in [5, 5.41) is 4.17. The normalized spacial score (nSPS) is 17.4. The van der Waals surface area contributed by atoms with Crippen LogP contribution in [-0.2, 0) is 0 Å². The first-order valence-electron chi connectivity index (χ1n) is 11.5. The van der Waals surface area contributed by atoms with Crippen molar-refractivity contribution in [2.75, 3.05) is 19.1 Å². The van der Waals surface area contributed by atoms with E-state index in [2.05, 4.69) is 63.9 Å². The van der Waals surface area contributed by atoms with Crippen LogP contribution in [0.15, 0.2) is 79.0 Å². The summed E-state index contributed by atoms with van der Waals surface area (Å²) in [6.07, 6.45) is 1.82. The largest absolute Gasteiger partial charge is 0.497 e. The Hall–Kier alpha value is -3.84. The van der Waals surface area contributed by atoms with E-state index < -0.39 is 0 Å². The Morgan fingerprint density at radius 3 is 2.37 bits per heavy atom. The molecular formula is C28H28N4O2S. The molecule has 0 aliphatic carbocycles. The minimum Gasteiger partial charge on any atom is -0.497 e. The van der Waals surface area contributed by atoms with Crippen molar-refractivity contribution in [3.8, 4) is 17.2 Å². The Bertz CT molecular complexity index is 1350. The molecule has 0 unspecified atom stereocenters. The molecule has 1 saturated heterocycles. The predicted octanol–water partition coefficient (Wildman–Crippen LogP) is 5.68. The minimum atomic E-state index is -0.139. The molecule has 0 radical (unpaired) electrons. The lowest BCUT2D eigenvalue weighted by Gasteiger charge is -2.29. The molecule has 5 rings (SSSR count). The van der Waals surface area contributed by atoms with Crippen molar-refractivity contribution < 1.29 is 9.47 Å². The third kappa shape index (κ3) is 4.02. The van der Waals surface area contributed by atoms with Gasteiger partial charge < -0.3 is 24.3 Å². The van der Waals surface area contributed by atoms with Crippen molar-refractivity contribution in [2.24, 2.45) is 0 Å². The summed E-state index contributed by atoms with van der Waals surface area (Å²) in [5.41, 5.74) is 6.42. The second-order valence-corrected chi connectivity index (χ2v) is 8.92. The monoisotopic (exact) mass is 484 g/mol. The van der Waals surface area contributed by atoms with Gasteiger partial charge in [0.1, 0.15) is 11.5 Å². The molecule has 0 amide bonds. The number of methoxy groups -OCH3 is 2. The molecule has 2 aromatic heterocycles. The topological polar surface area (TPSA) is 51.5 Å². The lowest BCUT2D eigenvalue weighted by atomic mass is 9.96. The van der Waals surface area contributed by atoms with E-state index in [1.807, 2.05) is 48.7 Å². The number of aromatic nitrogens is 2. The van der Waals surface area contributed by atoms with E-state index in [9.17, 15) is 0 Å². The van der Waals surface area contributed by atoms with E-state index in [1.54, 1.807) is 14.2 Å². The summed E-state index contributed by atoms with van der Waals surface area (Å²) in [4.78, 5) is 6.82. The van der Waals surface area contributed by atoms with E-state index in [0.29, 0.717) is 10.9 Å². The molecule has 0 spiro atoms. The number of rotatable bonds is 6. The zero-order valence-corrected chi connectivity index (χ0v) is 21.0. The standard InChI is InChI=1S/C28H28N4O2S/c1-18-16-22(19(2)31(18)20-10-6-5-7-11-20)27-26(23-12-8-9-15-29-23)30-28(35)32(27)24-14-13-21(33-3)17-25(24)34-4/h5-17,26-27H,1-4H3,(H,30,35)/t26-,27-/m0/s1. The van der Waals surface area contributed by atoms with E-state index in [4.69, 9.17) is 21.7 Å². The van der Waals surface area contributed by atoms with Crippen molar-refractivity contribution in [2.45, 2.75) is 25.9 Å². The number of thiocarbonyl (C=S) groups is 1. The molecule has 1 N–H and O–H groups in total. The third-order valence-electron chi connectivity index (χ3n) is 6.55. The van der Waals surface area contributed by atoms with E-state index in [0.717, 1.165) is 34.2 Å². The SMILES string of the molecule is COc1ccc(N2C(=S)N[C@@H](c3ccccn3)[C@@H]2c2cc(C)n(-c3ccccc3)c2C)c(OC)c1. The molecule has 1 fully saturated rings. The van der Waals surface area contributed by atoms with E-state index >= 15 is 0 Å². The Morgan fingerprint density at radius 2 is 1.69 bits per heavy atom. The maximum absolute atomic E-state index is 5.92. The van der Waals surface area contributed by atoms with Gasteiger partial charge in [-0.25, -0.2) is 0 Å². The molecule has 178 valence electrons. The first-order chi connectivity index (χ1) is 17.0. The number of ether oxygens (including phenoxy) is 2. The lowest BCUT2D eigenvalue weighted by Crippen LogP contribution is -2.30. The zero-order valence-electron chi connectivity index (χ0n) is 20.2. The van der Waals surface area contributed by atoms with Gasteiger partial charge in [-0.3, -0.25) is 4.98 Å². The fraction of sp³-hybridized carbons (Fsp3) is 0.214. The van der Waals surface area contributed by atoms with Crippen LogP contribution in [0.3, 0.4) is 0 Å². The Balaban J connectivity index is 1.70. The predicted molar refractivity (Wildman–Crippen MR) is 143 cm³/mol. The number of hydrogen-bond acceptors (Lipinski definition) is 4. The summed E-state index contributed by atoms with van der Waals surface area (Å²) in [6, 6.07) is 24.2. The summed E-state index contributed by atoms with van der Waals surface area (Å²) < 4.78 is 13.5. The fourth-order valence-corrected chi connectivity index (χ4v) is 5.31. The molecule has 0 saturated carbocycles. The number of benzene rings is 2. The van der Waals surface area contributed by atoms with Crippen LogP contribution in [0.1, 0.15) is 34.7 Å². The van der Waals surface area contributed by atoms with Gasteiger partial charge >= 0.3 is 0 Å². The van der Waals surface area contributed by atoms with Crippen LogP contribution in [0, 0.1) is 13.8 Å². The molecular weight excluding hydrogens is 456 g/mol. The Morgan fingerprint density at radius 1 is 0.914 bits per heavy atom. The maximum atomic E-state index is 5.92. The van der Waals surface area contributed by atoms with Crippen LogP contribution in [0.4, 0.5) is 5.69 Å². The van der Waals surface area contributed by atoms with Crippen molar-refractivity contribution >= 4 is 23.0 Å². The number of para-hydroxylation sites is 1. The van der Waals surface area contributed by atoms with Gasteiger partial charge in [0.15, 0.2) is 5.11 Å². The molecule has 7 heteroatoms. The van der Waals surface area contributed by atoms with E-state index in [-0.39, 0.29) is 12.1 Å². The quantitative estimate of drug-likeness (QED) is 0.355. The summed E-state index contributed by atoms with van der Waals surface area (Å²) >= 11 is 5.92. The van der Waals surface area contributed by atoms with Gasteiger partial charge in [-0.05, 0) is 74.1 Å². The van der Waals surface area contributed by atoms with Gasteiger partial charge in [0, 0.05) is 29.3 Å². The molecule has 35 heavy (non-hydrogen) atoms. The highest BCUT2D eigenvalue weighted by molar-refractivity contribution is 7.80. The number of pyridine rings is 1. The summed E-state index contributed by atoms with van der Waals surface area (Å²) in [6.45, 7) is 4.30. The number of nitrogens with zero attached hydrogens (tertiary/aromatic N) is 3. The first kappa shape index (κ1) is 22.9. The molecule has 1 aliphatic heterocycles. The summed E-state index contributed by atoms with van der Waals surface area (Å²) in [7, 11) is 3.31. The van der Waals surface area contributed by atoms with Crippen molar-refractivity contribution in [1.29, 1.82) is 0 Å². The molecule has 6 nitrogen and oxygen atoms in total. The average Bonchev–Trinajstić information content (AvgIpc) is 3.39. The maximum Gasteiger partial charge on any atom is 0.174 e. The third-order valence-corrected chi connectivity index (χ3v) is 6.86.